The molecule has 0 unspecified atom stereocenters. The number of hydrogen-bond donors (Lipinski definition) is 0. The summed E-state index contributed by atoms with van der Waals surface area (Å²) in [6.45, 7) is 0. The number of aromatic nitrogens is 4. The van der Waals surface area contributed by atoms with Crippen molar-refractivity contribution < 1.29 is 4.74 Å². The quantitative estimate of drug-likeness (QED) is 0.524. The Hall–Kier alpha value is -2.63. The van der Waals surface area contributed by atoms with Gasteiger partial charge in [-0.2, -0.15) is 4.52 Å². The van der Waals surface area contributed by atoms with Crippen molar-refractivity contribution in [2.24, 2.45) is 0 Å². The molecule has 2 aromatic heterocycles. The number of nitrogens with zero attached hydrogens (tertiary/aromatic N) is 4. The molecule has 0 radical (unpaired) electrons. The third kappa shape index (κ3) is 2.79. The van der Waals surface area contributed by atoms with Crippen molar-refractivity contribution in [2.45, 2.75) is 0 Å². The van der Waals surface area contributed by atoms with Crippen molar-refractivity contribution in [3.8, 4) is 22.8 Å². The molecule has 7 heteroatoms. The highest BCUT2D eigenvalue weighted by Crippen LogP contribution is 2.33. The van der Waals surface area contributed by atoms with Gasteiger partial charge in [-0.1, -0.05) is 41.9 Å². The van der Waals surface area contributed by atoms with Crippen molar-refractivity contribution >= 4 is 28.8 Å². The van der Waals surface area contributed by atoms with Crippen LogP contribution in [-0.2, 0) is 0 Å². The molecular formula is C17H10Cl2N4O. The zero-order chi connectivity index (χ0) is 16.5. The van der Waals surface area contributed by atoms with Crippen LogP contribution in [0.25, 0.3) is 16.8 Å². The van der Waals surface area contributed by atoms with Gasteiger partial charge >= 0.3 is 0 Å². The average molecular weight is 357 g/mol. The topological polar surface area (TPSA) is 52.3 Å². The van der Waals surface area contributed by atoms with Crippen LogP contribution in [-0.4, -0.2) is 19.8 Å². The van der Waals surface area contributed by atoms with Gasteiger partial charge in [0, 0.05) is 16.7 Å². The third-order valence-electron chi connectivity index (χ3n) is 3.44. The van der Waals surface area contributed by atoms with Gasteiger partial charge in [-0.3, -0.25) is 0 Å². The first-order valence-corrected chi connectivity index (χ1v) is 7.87. The van der Waals surface area contributed by atoms with Gasteiger partial charge in [0.25, 0.3) is 0 Å². The second kappa shape index (κ2) is 6.11. The zero-order valence-electron chi connectivity index (χ0n) is 12.2. The van der Waals surface area contributed by atoms with Crippen molar-refractivity contribution in [2.75, 3.05) is 0 Å². The third-order valence-corrected chi connectivity index (χ3v) is 3.91. The maximum Gasteiger partial charge on any atom is 0.246 e. The number of ether oxygens (including phenoxy) is 1. The fourth-order valence-electron chi connectivity index (χ4n) is 2.36. The highest BCUT2D eigenvalue weighted by molar-refractivity contribution is 6.30. The maximum atomic E-state index is 6.09. The summed E-state index contributed by atoms with van der Waals surface area (Å²) in [7, 11) is 0. The smallest absolute Gasteiger partial charge is 0.246 e. The van der Waals surface area contributed by atoms with Crippen LogP contribution in [0.4, 0.5) is 0 Å². The molecule has 0 aliphatic heterocycles. The molecule has 2 heterocycles. The molecule has 0 amide bonds. The molecule has 24 heavy (non-hydrogen) atoms. The highest BCUT2D eigenvalue weighted by atomic mass is 35.5. The minimum Gasteiger partial charge on any atom is -0.437 e. The Kier molecular flexibility index (Phi) is 3.80. The normalized spacial score (nSPS) is 10.9. The molecule has 4 aromatic rings. The van der Waals surface area contributed by atoms with Gasteiger partial charge in [0.05, 0.1) is 0 Å². The number of benzene rings is 2. The number of fused-ring (bicyclic) bond motifs is 1. The molecule has 118 valence electrons. The molecule has 2 aromatic carbocycles. The minimum atomic E-state index is 0.179. The van der Waals surface area contributed by atoms with E-state index in [1.165, 1.54) is 4.52 Å². The first kappa shape index (κ1) is 14.9. The second-order valence-corrected chi connectivity index (χ2v) is 5.79. The van der Waals surface area contributed by atoms with Crippen LogP contribution < -0.4 is 4.74 Å². The minimum absolute atomic E-state index is 0.179. The summed E-state index contributed by atoms with van der Waals surface area (Å²) in [6.07, 6.45) is 0. The van der Waals surface area contributed by atoms with Gasteiger partial charge in [0.1, 0.15) is 5.75 Å². The molecule has 0 atom stereocenters. The van der Waals surface area contributed by atoms with Crippen LogP contribution in [0.5, 0.6) is 11.6 Å². The Labute approximate surface area is 147 Å². The van der Waals surface area contributed by atoms with Gasteiger partial charge in [-0.15, -0.1) is 15.3 Å². The Balaban J connectivity index is 1.75. The summed E-state index contributed by atoms with van der Waals surface area (Å²) in [6, 6.07) is 18.7. The van der Waals surface area contributed by atoms with E-state index >= 15 is 0 Å². The summed E-state index contributed by atoms with van der Waals surface area (Å²) in [4.78, 5) is 0. The molecule has 5 nitrogen and oxygen atoms in total. The lowest BCUT2D eigenvalue weighted by Crippen LogP contribution is -1.96. The summed E-state index contributed by atoms with van der Waals surface area (Å²) < 4.78 is 7.36. The van der Waals surface area contributed by atoms with E-state index in [1.54, 1.807) is 12.1 Å². The summed E-state index contributed by atoms with van der Waals surface area (Å²) in [5, 5.41) is 12.8. The molecule has 0 aliphatic carbocycles. The molecule has 0 N–H and O–H groups in total. The van der Waals surface area contributed by atoms with E-state index in [2.05, 4.69) is 15.3 Å². The Morgan fingerprint density at radius 1 is 0.875 bits per heavy atom. The Morgan fingerprint density at radius 3 is 2.62 bits per heavy atom. The van der Waals surface area contributed by atoms with Gasteiger partial charge in [0.15, 0.2) is 5.65 Å². The van der Waals surface area contributed by atoms with Crippen LogP contribution in [0.2, 0.25) is 10.3 Å². The summed E-state index contributed by atoms with van der Waals surface area (Å²) in [5.74, 6) is 1.05. The lowest BCUT2D eigenvalue weighted by atomic mass is 10.0. The monoisotopic (exact) mass is 356 g/mol. The molecule has 0 aliphatic rings. The van der Waals surface area contributed by atoms with E-state index in [0.29, 0.717) is 22.3 Å². The zero-order valence-corrected chi connectivity index (χ0v) is 13.7. The van der Waals surface area contributed by atoms with Crippen molar-refractivity contribution in [1.29, 1.82) is 0 Å². The van der Waals surface area contributed by atoms with E-state index in [-0.39, 0.29) is 5.28 Å². The molecular weight excluding hydrogens is 347 g/mol. The van der Waals surface area contributed by atoms with E-state index in [0.717, 1.165) is 11.1 Å². The molecule has 0 spiro atoms. The summed E-state index contributed by atoms with van der Waals surface area (Å²) in [5.41, 5.74) is 2.42. The van der Waals surface area contributed by atoms with Gasteiger partial charge in [0.2, 0.25) is 11.2 Å². The van der Waals surface area contributed by atoms with E-state index in [9.17, 15) is 0 Å². The number of hydrogen-bond acceptors (Lipinski definition) is 4. The average Bonchev–Trinajstić information content (AvgIpc) is 2.96. The highest BCUT2D eigenvalue weighted by Gasteiger charge is 2.10. The largest absolute Gasteiger partial charge is 0.437 e. The fraction of sp³-hybridized carbons (Fsp3) is 0. The molecule has 0 saturated carbocycles. The molecule has 0 saturated heterocycles. The van der Waals surface area contributed by atoms with Gasteiger partial charge < -0.3 is 4.74 Å². The fourth-order valence-corrected chi connectivity index (χ4v) is 2.72. The lowest BCUT2D eigenvalue weighted by Gasteiger charge is -2.11. The van der Waals surface area contributed by atoms with E-state index in [4.69, 9.17) is 27.9 Å². The van der Waals surface area contributed by atoms with Crippen LogP contribution in [0.15, 0.2) is 60.7 Å². The van der Waals surface area contributed by atoms with Crippen molar-refractivity contribution in [3.05, 3.63) is 71.0 Å². The SMILES string of the molecule is Clc1cccc(-c2ccccc2Oc2ccc3nnc(Cl)n3n2)c1. The summed E-state index contributed by atoms with van der Waals surface area (Å²) >= 11 is 12.0. The van der Waals surface area contributed by atoms with Crippen molar-refractivity contribution in [3.63, 3.8) is 0 Å². The van der Waals surface area contributed by atoms with Crippen LogP contribution in [0.1, 0.15) is 0 Å². The Morgan fingerprint density at radius 2 is 1.75 bits per heavy atom. The van der Waals surface area contributed by atoms with Crippen LogP contribution in [0, 0.1) is 0 Å². The van der Waals surface area contributed by atoms with E-state index < -0.39 is 0 Å². The predicted octanol–water partition coefficient (Wildman–Crippen LogP) is 4.89. The van der Waals surface area contributed by atoms with Gasteiger partial charge in [-0.05, 0) is 41.4 Å². The maximum absolute atomic E-state index is 6.09. The number of halogens is 2. The number of rotatable bonds is 3. The first-order valence-electron chi connectivity index (χ1n) is 7.11. The first-order chi connectivity index (χ1) is 11.7. The number of para-hydroxylation sites is 1. The predicted molar refractivity (Wildman–Crippen MR) is 92.8 cm³/mol. The lowest BCUT2D eigenvalue weighted by molar-refractivity contribution is 0.454. The molecule has 4 rings (SSSR count). The van der Waals surface area contributed by atoms with Crippen LogP contribution >= 0.6 is 23.2 Å². The Bertz CT molecular complexity index is 1030. The standard InChI is InChI=1S/C17H10Cl2N4O/c18-12-5-3-4-11(10-12)13-6-1-2-7-14(13)24-16-9-8-15-20-21-17(19)23(15)22-16/h1-10H. The van der Waals surface area contributed by atoms with E-state index in [1.807, 2.05) is 48.5 Å². The molecule has 0 bridgehead atoms. The second-order valence-electron chi connectivity index (χ2n) is 5.02. The molecule has 0 fully saturated rings. The van der Waals surface area contributed by atoms with Gasteiger partial charge in [-0.25, -0.2) is 0 Å². The van der Waals surface area contributed by atoms with Crippen molar-refractivity contribution in [1.82, 2.24) is 19.8 Å². The van der Waals surface area contributed by atoms with Crippen LogP contribution in [0.3, 0.4) is 0 Å².